The van der Waals surface area contributed by atoms with Gasteiger partial charge in [-0.15, -0.1) is 0 Å². The predicted octanol–water partition coefficient (Wildman–Crippen LogP) is 0.320. The molecule has 2 atom stereocenters. The largest absolute Gasteiger partial charge is 0.463 e. The molecule has 2 N–H and O–H groups in total. The molecule has 16 heavy (non-hydrogen) atoms. The number of carbonyl (C=O) groups excluding carboxylic acids is 1. The first-order valence-corrected chi connectivity index (χ1v) is 5.83. The fourth-order valence-corrected chi connectivity index (χ4v) is 1.47. The van der Waals surface area contributed by atoms with Gasteiger partial charge in [-0.25, -0.2) is 0 Å². The highest BCUT2D eigenvalue weighted by molar-refractivity contribution is 5.73. The van der Waals surface area contributed by atoms with Crippen molar-refractivity contribution in [3.05, 3.63) is 0 Å². The van der Waals surface area contributed by atoms with Crippen LogP contribution in [0, 0.1) is 5.92 Å². The summed E-state index contributed by atoms with van der Waals surface area (Å²) >= 11 is 0. The van der Waals surface area contributed by atoms with Crippen molar-refractivity contribution in [1.82, 2.24) is 0 Å². The van der Waals surface area contributed by atoms with E-state index in [0.717, 1.165) is 19.4 Å². The van der Waals surface area contributed by atoms with Gasteiger partial charge in [-0.1, -0.05) is 13.3 Å². The van der Waals surface area contributed by atoms with E-state index < -0.39 is 0 Å². The lowest BCUT2D eigenvalue weighted by Crippen LogP contribution is -2.35. The van der Waals surface area contributed by atoms with Crippen molar-refractivity contribution in [2.45, 2.75) is 25.8 Å². The molecule has 1 fully saturated rings. The van der Waals surface area contributed by atoms with Gasteiger partial charge in [-0.05, 0) is 6.42 Å². The van der Waals surface area contributed by atoms with Crippen LogP contribution in [-0.4, -0.2) is 45.0 Å². The number of hydrogen-bond acceptors (Lipinski definition) is 5. The topological polar surface area (TPSA) is 70.8 Å². The van der Waals surface area contributed by atoms with Crippen LogP contribution in [0.5, 0.6) is 0 Å². The van der Waals surface area contributed by atoms with Crippen LogP contribution in [0.1, 0.15) is 19.8 Å². The van der Waals surface area contributed by atoms with E-state index in [2.05, 4.69) is 6.92 Å². The third kappa shape index (κ3) is 4.47. The standard InChI is InChI=1S/C11H21NO4/c1-2-3-4-14-5-6-16-11(13)9-7-15-8-10(9)12/h9-10H,2-8,12H2,1H3. The normalized spacial score (nSPS) is 24.6. The van der Waals surface area contributed by atoms with Crippen LogP contribution < -0.4 is 5.73 Å². The molecule has 0 spiro atoms. The van der Waals surface area contributed by atoms with Gasteiger partial charge in [-0.2, -0.15) is 0 Å². The molecule has 0 aromatic carbocycles. The van der Waals surface area contributed by atoms with Crippen LogP contribution in [0.15, 0.2) is 0 Å². The molecule has 0 aliphatic carbocycles. The van der Waals surface area contributed by atoms with Gasteiger partial charge in [0.25, 0.3) is 0 Å². The molecule has 1 aliphatic rings. The fraction of sp³-hybridized carbons (Fsp3) is 0.909. The molecule has 0 radical (unpaired) electrons. The first-order chi connectivity index (χ1) is 7.75. The second kappa shape index (κ2) is 7.60. The van der Waals surface area contributed by atoms with E-state index in [1.165, 1.54) is 0 Å². The second-order valence-corrected chi connectivity index (χ2v) is 3.94. The summed E-state index contributed by atoms with van der Waals surface area (Å²) in [4.78, 5) is 11.5. The zero-order valence-electron chi connectivity index (χ0n) is 9.81. The Balaban J connectivity index is 2.02. The van der Waals surface area contributed by atoms with Crippen LogP contribution in [0.25, 0.3) is 0 Å². The molecule has 1 saturated heterocycles. The highest BCUT2D eigenvalue weighted by atomic mass is 16.6. The lowest BCUT2D eigenvalue weighted by molar-refractivity contribution is -0.150. The van der Waals surface area contributed by atoms with Crippen molar-refractivity contribution >= 4 is 5.97 Å². The Hall–Kier alpha value is -0.650. The van der Waals surface area contributed by atoms with Crippen molar-refractivity contribution in [3.63, 3.8) is 0 Å². The van der Waals surface area contributed by atoms with E-state index in [0.29, 0.717) is 26.4 Å². The number of hydrogen-bond donors (Lipinski definition) is 1. The number of carbonyl (C=O) groups is 1. The average molecular weight is 231 g/mol. The minimum atomic E-state index is -0.310. The number of nitrogens with two attached hydrogens (primary N) is 1. The fourth-order valence-electron chi connectivity index (χ4n) is 1.47. The van der Waals surface area contributed by atoms with Crippen LogP contribution in [0.2, 0.25) is 0 Å². The van der Waals surface area contributed by atoms with E-state index in [4.69, 9.17) is 19.9 Å². The SMILES string of the molecule is CCCCOCCOC(=O)C1COCC1N. The Morgan fingerprint density at radius 3 is 2.81 bits per heavy atom. The van der Waals surface area contributed by atoms with Crippen LogP contribution >= 0.6 is 0 Å². The molecule has 1 heterocycles. The predicted molar refractivity (Wildman–Crippen MR) is 59.0 cm³/mol. The Morgan fingerprint density at radius 2 is 2.19 bits per heavy atom. The number of ether oxygens (including phenoxy) is 3. The zero-order chi connectivity index (χ0) is 11.8. The highest BCUT2D eigenvalue weighted by Crippen LogP contribution is 2.13. The van der Waals surface area contributed by atoms with Crippen LogP contribution in [0.3, 0.4) is 0 Å². The molecule has 0 bridgehead atoms. The van der Waals surface area contributed by atoms with E-state index in [1.54, 1.807) is 0 Å². The lowest BCUT2D eigenvalue weighted by atomic mass is 10.1. The van der Waals surface area contributed by atoms with Crippen LogP contribution in [-0.2, 0) is 19.0 Å². The maximum absolute atomic E-state index is 11.5. The summed E-state index contributed by atoms with van der Waals surface area (Å²) in [6, 6.07) is -0.228. The van der Waals surface area contributed by atoms with E-state index in [1.807, 2.05) is 0 Å². The van der Waals surface area contributed by atoms with Crippen molar-refractivity contribution in [2.24, 2.45) is 11.7 Å². The van der Waals surface area contributed by atoms with Gasteiger partial charge < -0.3 is 19.9 Å². The molecule has 2 unspecified atom stereocenters. The minimum Gasteiger partial charge on any atom is -0.463 e. The number of esters is 1. The minimum absolute atomic E-state index is 0.228. The van der Waals surface area contributed by atoms with Crippen molar-refractivity contribution in [2.75, 3.05) is 33.0 Å². The molecule has 0 saturated carbocycles. The summed E-state index contributed by atoms with van der Waals surface area (Å²) in [6.07, 6.45) is 2.14. The molecule has 5 heteroatoms. The maximum Gasteiger partial charge on any atom is 0.313 e. The van der Waals surface area contributed by atoms with Gasteiger partial charge in [-0.3, -0.25) is 4.79 Å². The average Bonchev–Trinajstić information content (AvgIpc) is 2.69. The van der Waals surface area contributed by atoms with E-state index >= 15 is 0 Å². The van der Waals surface area contributed by atoms with Gasteiger partial charge in [0.2, 0.25) is 0 Å². The Bertz CT molecular complexity index is 210. The summed E-state index contributed by atoms with van der Waals surface area (Å²) in [5, 5.41) is 0. The van der Waals surface area contributed by atoms with Gasteiger partial charge >= 0.3 is 5.97 Å². The van der Waals surface area contributed by atoms with Crippen molar-refractivity contribution in [1.29, 1.82) is 0 Å². The summed E-state index contributed by atoms with van der Waals surface area (Å²) in [7, 11) is 0. The number of unbranched alkanes of at least 4 members (excludes halogenated alkanes) is 1. The smallest absolute Gasteiger partial charge is 0.313 e. The van der Waals surface area contributed by atoms with Gasteiger partial charge in [0.15, 0.2) is 0 Å². The number of rotatable bonds is 7. The molecule has 1 rings (SSSR count). The van der Waals surface area contributed by atoms with Crippen molar-refractivity contribution < 1.29 is 19.0 Å². The quantitative estimate of drug-likeness (QED) is 0.504. The Morgan fingerprint density at radius 1 is 1.38 bits per heavy atom. The van der Waals surface area contributed by atoms with E-state index in [9.17, 15) is 4.79 Å². The highest BCUT2D eigenvalue weighted by Gasteiger charge is 2.32. The molecule has 5 nitrogen and oxygen atoms in total. The molecular weight excluding hydrogens is 210 g/mol. The first-order valence-electron chi connectivity index (χ1n) is 5.83. The van der Waals surface area contributed by atoms with Gasteiger partial charge in [0.1, 0.15) is 6.61 Å². The summed E-state index contributed by atoms with van der Waals surface area (Å²) in [5.41, 5.74) is 5.69. The van der Waals surface area contributed by atoms with Crippen LogP contribution in [0.4, 0.5) is 0 Å². The van der Waals surface area contributed by atoms with Gasteiger partial charge in [0, 0.05) is 12.6 Å². The van der Waals surface area contributed by atoms with Crippen molar-refractivity contribution in [3.8, 4) is 0 Å². The summed E-state index contributed by atoms with van der Waals surface area (Å²) < 4.78 is 15.4. The molecule has 94 valence electrons. The lowest BCUT2D eigenvalue weighted by Gasteiger charge is -2.12. The monoisotopic (exact) mass is 231 g/mol. The second-order valence-electron chi connectivity index (χ2n) is 3.94. The molecule has 0 amide bonds. The summed E-state index contributed by atoms with van der Waals surface area (Å²) in [5.74, 6) is -0.584. The summed E-state index contributed by atoms with van der Waals surface area (Å²) in [6.45, 7) is 4.38. The maximum atomic E-state index is 11.5. The third-order valence-corrected chi connectivity index (χ3v) is 2.54. The Kier molecular flexibility index (Phi) is 6.37. The zero-order valence-corrected chi connectivity index (χ0v) is 9.81. The van der Waals surface area contributed by atoms with Gasteiger partial charge in [0.05, 0.1) is 25.7 Å². The molecule has 0 aromatic rings. The molecule has 0 aromatic heterocycles. The Labute approximate surface area is 96.2 Å². The molecule has 1 aliphatic heterocycles. The molecular formula is C11H21NO4. The first kappa shape index (κ1) is 13.4. The van der Waals surface area contributed by atoms with E-state index in [-0.39, 0.29) is 17.9 Å². The third-order valence-electron chi connectivity index (χ3n) is 2.54.